The van der Waals surface area contributed by atoms with Crippen LogP contribution in [-0.2, 0) is 10.1 Å². The second-order valence-corrected chi connectivity index (χ2v) is 5.73. The van der Waals surface area contributed by atoms with Crippen LogP contribution >= 0.6 is 15.9 Å². The van der Waals surface area contributed by atoms with Crippen LogP contribution in [0, 0.1) is 0 Å². The van der Waals surface area contributed by atoms with Gasteiger partial charge in [0.25, 0.3) is 0 Å². The summed E-state index contributed by atoms with van der Waals surface area (Å²) in [4.78, 5) is 0. The molecular formula is C17H19BrO2. The quantitative estimate of drug-likeness (QED) is 0.739. The summed E-state index contributed by atoms with van der Waals surface area (Å²) < 4.78 is 11.6. The van der Waals surface area contributed by atoms with E-state index in [9.17, 15) is 0 Å². The van der Waals surface area contributed by atoms with Crippen LogP contribution in [0.15, 0.2) is 36.4 Å². The van der Waals surface area contributed by atoms with Crippen molar-refractivity contribution in [2.24, 2.45) is 0 Å². The molecule has 2 aromatic rings. The second kappa shape index (κ2) is 6.59. The molecule has 1 aliphatic rings. The van der Waals surface area contributed by atoms with Gasteiger partial charge in [-0.05, 0) is 29.7 Å². The van der Waals surface area contributed by atoms with Gasteiger partial charge in [-0.2, -0.15) is 0 Å². The molecule has 1 aliphatic heterocycles. The lowest BCUT2D eigenvalue weighted by Gasteiger charge is -2.14. The van der Waals surface area contributed by atoms with E-state index in [0.717, 1.165) is 30.7 Å². The third-order valence-corrected chi connectivity index (χ3v) is 4.41. The minimum absolute atomic E-state index is 0.392. The van der Waals surface area contributed by atoms with Crippen LogP contribution in [0.4, 0.5) is 0 Å². The molecule has 106 valence electrons. The number of hydrogen-bond acceptors (Lipinski definition) is 2. The standard InChI is InChI=1S/C17H19BrO2/c18-12-16-15-6-2-1-4-13(15)7-8-17(16)20-11-9-14-5-3-10-19-14/h1-2,4,6-8,14H,3,5,9-12H2. The monoisotopic (exact) mass is 334 g/mol. The fourth-order valence-electron chi connectivity index (χ4n) is 2.76. The molecule has 0 spiro atoms. The number of benzene rings is 2. The normalized spacial score (nSPS) is 18.6. The Morgan fingerprint density at radius 2 is 2.10 bits per heavy atom. The van der Waals surface area contributed by atoms with Gasteiger partial charge in [-0.15, -0.1) is 0 Å². The van der Waals surface area contributed by atoms with Crippen molar-refractivity contribution in [3.05, 3.63) is 42.0 Å². The first kappa shape index (κ1) is 13.9. The summed E-state index contributed by atoms with van der Waals surface area (Å²) >= 11 is 3.58. The van der Waals surface area contributed by atoms with Gasteiger partial charge in [0, 0.05) is 23.9 Å². The Kier molecular flexibility index (Phi) is 4.58. The largest absolute Gasteiger partial charge is 0.493 e. The first-order valence-electron chi connectivity index (χ1n) is 7.19. The fourth-order valence-corrected chi connectivity index (χ4v) is 3.34. The summed E-state index contributed by atoms with van der Waals surface area (Å²) in [5.74, 6) is 0.985. The first-order valence-corrected chi connectivity index (χ1v) is 8.31. The number of halogens is 1. The number of hydrogen-bond donors (Lipinski definition) is 0. The van der Waals surface area contributed by atoms with Gasteiger partial charge in [-0.1, -0.05) is 46.3 Å². The molecule has 1 fully saturated rings. The van der Waals surface area contributed by atoms with Crippen LogP contribution in [0.1, 0.15) is 24.8 Å². The van der Waals surface area contributed by atoms with Crippen molar-refractivity contribution in [2.45, 2.75) is 30.7 Å². The Bertz CT molecular complexity index is 576. The summed E-state index contributed by atoms with van der Waals surface area (Å²) in [6, 6.07) is 12.6. The highest BCUT2D eigenvalue weighted by Gasteiger charge is 2.15. The molecule has 3 rings (SSSR count). The molecule has 1 heterocycles. The Morgan fingerprint density at radius 3 is 2.90 bits per heavy atom. The number of fused-ring (bicyclic) bond motifs is 1. The number of ether oxygens (including phenoxy) is 2. The molecule has 1 unspecified atom stereocenters. The van der Waals surface area contributed by atoms with E-state index in [1.165, 1.54) is 29.2 Å². The van der Waals surface area contributed by atoms with Crippen molar-refractivity contribution in [2.75, 3.05) is 13.2 Å². The molecule has 2 aromatic carbocycles. The maximum atomic E-state index is 5.99. The number of alkyl halides is 1. The van der Waals surface area contributed by atoms with Crippen LogP contribution in [0.2, 0.25) is 0 Å². The van der Waals surface area contributed by atoms with E-state index >= 15 is 0 Å². The van der Waals surface area contributed by atoms with Crippen LogP contribution in [0.25, 0.3) is 10.8 Å². The van der Waals surface area contributed by atoms with Gasteiger partial charge in [-0.3, -0.25) is 0 Å². The maximum Gasteiger partial charge on any atom is 0.123 e. The predicted octanol–water partition coefficient (Wildman–Crippen LogP) is 4.68. The third-order valence-electron chi connectivity index (χ3n) is 3.85. The van der Waals surface area contributed by atoms with E-state index in [1.54, 1.807) is 0 Å². The average Bonchev–Trinajstić information content (AvgIpc) is 3.00. The highest BCUT2D eigenvalue weighted by Crippen LogP contribution is 2.30. The molecular weight excluding hydrogens is 316 g/mol. The van der Waals surface area contributed by atoms with Crippen molar-refractivity contribution in [3.63, 3.8) is 0 Å². The zero-order chi connectivity index (χ0) is 13.8. The summed E-state index contributed by atoms with van der Waals surface area (Å²) in [6.45, 7) is 1.64. The van der Waals surface area contributed by atoms with E-state index in [4.69, 9.17) is 9.47 Å². The van der Waals surface area contributed by atoms with Gasteiger partial charge < -0.3 is 9.47 Å². The highest BCUT2D eigenvalue weighted by atomic mass is 79.9. The molecule has 3 heteroatoms. The molecule has 2 nitrogen and oxygen atoms in total. The first-order chi connectivity index (χ1) is 9.88. The van der Waals surface area contributed by atoms with Crippen LogP contribution in [-0.4, -0.2) is 19.3 Å². The smallest absolute Gasteiger partial charge is 0.123 e. The third kappa shape index (κ3) is 2.99. The zero-order valence-electron chi connectivity index (χ0n) is 11.5. The fraction of sp³-hybridized carbons (Fsp3) is 0.412. The van der Waals surface area contributed by atoms with Crippen LogP contribution < -0.4 is 4.74 Å². The van der Waals surface area contributed by atoms with E-state index in [0.29, 0.717) is 6.10 Å². The average molecular weight is 335 g/mol. The topological polar surface area (TPSA) is 18.5 Å². The van der Waals surface area contributed by atoms with E-state index in [2.05, 4.69) is 52.3 Å². The maximum absolute atomic E-state index is 5.99. The molecule has 0 aliphatic carbocycles. The molecule has 0 amide bonds. The lowest BCUT2D eigenvalue weighted by Crippen LogP contribution is -2.11. The summed E-state index contributed by atoms with van der Waals surface area (Å²) in [5.41, 5.74) is 1.23. The molecule has 0 N–H and O–H groups in total. The zero-order valence-corrected chi connectivity index (χ0v) is 13.1. The Morgan fingerprint density at radius 1 is 1.20 bits per heavy atom. The lowest BCUT2D eigenvalue weighted by atomic mass is 10.0. The van der Waals surface area contributed by atoms with Crippen molar-refractivity contribution in [3.8, 4) is 5.75 Å². The molecule has 0 aromatic heterocycles. The van der Waals surface area contributed by atoms with Crippen molar-refractivity contribution >= 4 is 26.7 Å². The second-order valence-electron chi connectivity index (χ2n) is 5.17. The highest BCUT2D eigenvalue weighted by molar-refractivity contribution is 9.08. The lowest BCUT2D eigenvalue weighted by molar-refractivity contribution is 0.0903. The SMILES string of the molecule is BrCc1c(OCCC2CCCO2)ccc2ccccc12. The predicted molar refractivity (Wildman–Crippen MR) is 85.7 cm³/mol. The van der Waals surface area contributed by atoms with Crippen LogP contribution in [0.5, 0.6) is 5.75 Å². The molecule has 0 saturated carbocycles. The summed E-state index contributed by atoms with van der Waals surface area (Å²) in [7, 11) is 0. The van der Waals surface area contributed by atoms with E-state index in [1.807, 2.05) is 0 Å². The minimum atomic E-state index is 0.392. The Balaban J connectivity index is 1.73. The summed E-state index contributed by atoms with van der Waals surface area (Å²) in [6.07, 6.45) is 3.73. The van der Waals surface area contributed by atoms with Crippen molar-refractivity contribution < 1.29 is 9.47 Å². The van der Waals surface area contributed by atoms with Gasteiger partial charge in [0.05, 0.1) is 12.7 Å². The Hall–Kier alpha value is -1.06. The molecule has 0 radical (unpaired) electrons. The molecule has 1 saturated heterocycles. The van der Waals surface area contributed by atoms with Crippen molar-refractivity contribution in [1.82, 2.24) is 0 Å². The van der Waals surface area contributed by atoms with Gasteiger partial charge >= 0.3 is 0 Å². The van der Waals surface area contributed by atoms with Crippen LogP contribution in [0.3, 0.4) is 0 Å². The van der Waals surface area contributed by atoms with Gasteiger partial charge in [0.1, 0.15) is 5.75 Å². The van der Waals surface area contributed by atoms with E-state index < -0.39 is 0 Å². The van der Waals surface area contributed by atoms with Gasteiger partial charge in [0.15, 0.2) is 0 Å². The number of rotatable bonds is 5. The molecule has 1 atom stereocenters. The Labute approximate surface area is 128 Å². The summed E-state index contributed by atoms with van der Waals surface area (Å²) in [5, 5.41) is 3.33. The van der Waals surface area contributed by atoms with Gasteiger partial charge in [0.2, 0.25) is 0 Å². The van der Waals surface area contributed by atoms with Gasteiger partial charge in [-0.25, -0.2) is 0 Å². The minimum Gasteiger partial charge on any atom is -0.493 e. The van der Waals surface area contributed by atoms with E-state index in [-0.39, 0.29) is 0 Å². The molecule has 20 heavy (non-hydrogen) atoms. The van der Waals surface area contributed by atoms with Crippen molar-refractivity contribution in [1.29, 1.82) is 0 Å². The molecule has 0 bridgehead atoms.